The lowest BCUT2D eigenvalue weighted by Crippen LogP contribution is -2.61. The van der Waals surface area contributed by atoms with Crippen molar-refractivity contribution in [3.05, 3.63) is 42.7 Å². The maximum Gasteiger partial charge on any atom is 0.225 e. The fraction of sp³-hybridized carbons (Fsp3) is 0.500. The Morgan fingerprint density at radius 3 is 2.55 bits per heavy atom. The minimum absolute atomic E-state index is 0.0717. The first-order valence-corrected chi connectivity index (χ1v) is 11.3. The molecule has 1 aromatic heterocycles. The van der Waals surface area contributed by atoms with Gasteiger partial charge < -0.3 is 25.7 Å². The van der Waals surface area contributed by atoms with Gasteiger partial charge in [0, 0.05) is 24.1 Å². The van der Waals surface area contributed by atoms with Gasteiger partial charge in [-0.2, -0.15) is 5.10 Å². The van der Waals surface area contributed by atoms with Gasteiger partial charge in [0.1, 0.15) is 6.10 Å². The summed E-state index contributed by atoms with van der Waals surface area (Å²) < 4.78 is 1.77. The molecule has 3 fully saturated rings. The normalized spacial score (nSPS) is 30.8. The Kier molecular flexibility index (Phi) is 5.41. The molecule has 3 aliphatic rings. The van der Waals surface area contributed by atoms with Crippen LogP contribution in [0.2, 0.25) is 0 Å². The lowest BCUT2D eigenvalue weighted by molar-refractivity contribution is -0.131. The van der Waals surface area contributed by atoms with Crippen LogP contribution in [0, 0.1) is 5.92 Å². The Hall–Kier alpha value is -2.49. The number of aliphatic hydroxyl groups is 2. The maximum atomic E-state index is 13.2. The van der Waals surface area contributed by atoms with Gasteiger partial charge >= 0.3 is 0 Å². The van der Waals surface area contributed by atoms with Crippen LogP contribution in [0.5, 0.6) is 0 Å². The van der Waals surface area contributed by atoms with E-state index in [0.29, 0.717) is 5.11 Å². The average Bonchev–Trinajstić information content (AvgIpc) is 3.52. The van der Waals surface area contributed by atoms with Gasteiger partial charge in [0.05, 0.1) is 29.8 Å². The third-order valence-electron chi connectivity index (χ3n) is 6.78. The van der Waals surface area contributed by atoms with E-state index in [0.717, 1.165) is 37.1 Å². The van der Waals surface area contributed by atoms with Crippen molar-refractivity contribution in [3.63, 3.8) is 0 Å². The third kappa shape index (κ3) is 3.71. The van der Waals surface area contributed by atoms with Gasteiger partial charge in [-0.05, 0) is 61.8 Å². The molecule has 8 nitrogen and oxygen atoms in total. The van der Waals surface area contributed by atoms with E-state index in [1.807, 2.05) is 41.4 Å². The second-order valence-corrected chi connectivity index (χ2v) is 9.08. The van der Waals surface area contributed by atoms with Crippen molar-refractivity contribution in [2.75, 3.05) is 4.90 Å². The van der Waals surface area contributed by atoms with Crippen molar-refractivity contribution in [3.8, 4) is 5.69 Å². The predicted octanol–water partition coefficient (Wildman–Crippen LogP) is 1.10. The first-order valence-electron chi connectivity index (χ1n) is 10.9. The number of fused-ring (bicyclic) bond motifs is 1. The second kappa shape index (κ2) is 8.22. The minimum Gasteiger partial charge on any atom is -0.390 e. The van der Waals surface area contributed by atoms with Crippen LogP contribution in [0.25, 0.3) is 5.69 Å². The first kappa shape index (κ1) is 20.4. The van der Waals surface area contributed by atoms with Gasteiger partial charge in [0.15, 0.2) is 5.11 Å². The van der Waals surface area contributed by atoms with E-state index in [4.69, 9.17) is 12.2 Å². The number of hydrogen-bond donors (Lipinski definition) is 4. The molecule has 0 bridgehead atoms. The number of anilines is 1. The first-order chi connectivity index (χ1) is 15.0. The summed E-state index contributed by atoms with van der Waals surface area (Å²) in [5.41, 5.74) is 1.75. The van der Waals surface area contributed by atoms with Crippen LogP contribution in [-0.2, 0) is 4.79 Å². The molecular formula is C22H27N5O3S. The van der Waals surface area contributed by atoms with Gasteiger partial charge in [-0.1, -0.05) is 12.8 Å². The van der Waals surface area contributed by atoms with E-state index in [1.165, 1.54) is 0 Å². The van der Waals surface area contributed by atoms with E-state index in [-0.39, 0.29) is 24.4 Å². The van der Waals surface area contributed by atoms with E-state index in [9.17, 15) is 15.0 Å². The number of hydrogen-bond acceptors (Lipinski definition) is 5. The zero-order chi connectivity index (χ0) is 21.5. The number of carbonyl (C=O) groups excluding carboxylic acids is 1. The van der Waals surface area contributed by atoms with Gasteiger partial charge in [-0.25, -0.2) is 4.68 Å². The Balaban J connectivity index is 1.44. The summed E-state index contributed by atoms with van der Waals surface area (Å²) in [7, 11) is 0. The Labute approximate surface area is 186 Å². The molecule has 0 spiro atoms. The van der Waals surface area contributed by atoms with Crippen molar-refractivity contribution in [2.24, 2.45) is 5.92 Å². The van der Waals surface area contributed by atoms with E-state index in [2.05, 4.69) is 15.7 Å². The molecule has 5 rings (SSSR count). The standard InChI is InChI=1S/C22H27N5O3S/c28-17-12-16(21(30)24-13-4-1-2-5-13)19-18(20(17)29)25-22(31)27(19)15-8-6-14(7-9-15)26-11-3-10-23-26/h3,6-11,13,16-20,28-29H,1-2,4-5,12H2,(H,24,30)(H,25,31). The quantitative estimate of drug-likeness (QED) is 0.527. The largest absolute Gasteiger partial charge is 0.390 e. The number of nitrogens with one attached hydrogen (secondary N) is 2. The van der Waals surface area contributed by atoms with Crippen molar-refractivity contribution in [1.29, 1.82) is 0 Å². The monoisotopic (exact) mass is 441 g/mol. The van der Waals surface area contributed by atoms with Crippen LogP contribution in [-0.4, -0.2) is 61.3 Å². The molecule has 164 valence electrons. The molecule has 2 aliphatic carbocycles. The fourth-order valence-corrected chi connectivity index (χ4v) is 5.57. The zero-order valence-electron chi connectivity index (χ0n) is 17.1. The van der Waals surface area contributed by atoms with Gasteiger partial charge in [0.2, 0.25) is 5.91 Å². The zero-order valence-corrected chi connectivity index (χ0v) is 17.9. The molecule has 1 amide bonds. The average molecular weight is 442 g/mol. The Morgan fingerprint density at radius 1 is 1.16 bits per heavy atom. The molecule has 1 aromatic carbocycles. The number of nitrogens with zero attached hydrogens (tertiary/aromatic N) is 3. The molecular weight excluding hydrogens is 414 g/mol. The van der Waals surface area contributed by atoms with Crippen LogP contribution in [0.1, 0.15) is 32.1 Å². The lowest BCUT2D eigenvalue weighted by Gasteiger charge is -2.41. The maximum absolute atomic E-state index is 13.2. The summed E-state index contributed by atoms with van der Waals surface area (Å²) in [5.74, 6) is -0.555. The summed E-state index contributed by atoms with van der Waals surface area (Å²) in [6, 6.07) is 8.94. The van der Waals surface area contributed by atoms with Crippen LogP contribution >= 0.6 is 12.2 Å². The van der Waals surface area contributed by atoms with Gasteiger partial charge in [0.25, 0.3) is 0 Å². The van der Waals surface area contributed by atoms with Crippen molar-refractivity contribution in [2.45, 2.75) is 62.4 Å². The summed E-state index contributed by atoms with van der Waals surface area (Å²) >= 11 is 5.60. The molecule has 0 radical (unpaired) electrons. The highest BCUT2D eigenvalue weighted by Crippen LogP contribution is 2.37. The number of amides is 1. The highest BCUT2D eigenvalue weighted by Gasteiger charge is 2.54. The molecule has 1 aliphatic heterocycles. The van der Waals surface area contributed by atoms with Crippen molar-refractivity contribution >= 4 is 28.9 Å². The Morgan fingerprint density at radius 2 is 1.87 bits per heavy atom. The summed E-state index contributed by atoms with van der Waals surface area (Å²) in [6.07, 6.45) is 6.07. The summed E-state index contributed by atoms with van der Waals surface area (Å²) in [6.45, 7) is 0. The molecule has 2 heterocycles. The lowest BCUT2D eigenvalue weighted by atomic mass is 9.77. The van der Waals surface area contributed by atoms with Crippen LogP contribution in [0.3, 0.4) is 0 Å². The number of aromatic nitrogens is 2. The van der Waals surface area contributed by atoms with Crippen molar-refractivity contribution < 1.29 is 15.0 Å². The van der Waals surface area contributed by atoms with Crippen LogP contribution in [0.4, 0.5) is 5.69 Å². The molecule has 31 heavy (non-hydrogen) atoms. The molecule has 2 aromatic rings. The van der Waals surface area contributed by atoms with E-state index >= 15 is 0 Å². The summed E-state index contributed by atoms with van der Waals surface area (Å²) in [4.78, 5) is 15.1. The molecule has 9 heteroatoms. The smallest absolute Gasteiger partial charge is 0.225 e. The highest BCUT2D eigenvalue weighted by atomic mass is 32.1. The molecule has 5 unspecified atom stereocenters. The molecule has 5 atom stereocenters. The predicted molar refractivity (Wildman–Crippen MR) is 120 cm³/mol. The van der Waals surface area contributed by atoms with Crippen LogP contribution in [0.15, 0.2) is 42.7 Å². The molecule has 2 saturated carbocycles. The fourth-order valence-electron chi connectivity index (χ4n) is 5.21. The van der Waals surface area contributed by atoms with Gasteiger partial charge in [-0.3, -0.25) is 4.79 Å². The van der Waals surface area contributed by atoms with Crippen molar-refractivity contribution in [1.82, 2.24) is 20.4 Å². The number of thiocarbonyl (C=S) groups is 1. The van der Waals surface area contributed by atoms with E-state index < -0.39 is 24.2 Å². The third-order valence-corrected chi connectivity index (χ3v) is 7.09. The van der Waals surface area contributed by atoms with E-state index in [1.54, 1.807) is 10.9 Å². The second-order valence-electron chi connectivity index (χ2n) is 8.69. The SMILES string of the molecule is O=C(NC1CCCC1)C1CC(O)C(O)C2NC(=S)N(c3ccc(-n4cccn4)cc3)C12. The highest BCUT2D eigenvalue weighted by molar-refractivity contribution is 7.80. The minimum atomic E-state index is -0.994. The number of rotatable bonds is 4. The molecule has 1 saturated heterocycles. The number of benzene rings is 1. The number of carbonyl (C=O) groups is 1. The molecule has 4 N–H and O–H groups in total. The Bertz CT molecular complexity index is 945. The van der Waals surface area contributed by atoms with Gasteiger partial charge in [-0.15, -0.1) is 0 Å². The summed E-state index contributed by atoms with van der Waals surface area (Å²) in [5, 5.41) is 32.1. The van der Waals surface area contributed by atoms with Crippen LogP contribution < -0.4 is 15.5 Å². The number of aliphatic hydroxyl groups excluding tert-OH is 2. The topological polar surface area (TPSA) is 103 Å².